The van der Waals surface area contributed by atoms with Gasteiger partial charge in [0, 0.05) is 24.3 Å². The number of aliphatic hydroxyl groups is 1. The molecule has 0 spiro atoms. The van der Waals surface area contributed by atoms with Crippen molar-refractivity contribution >= 4 is 17.5 Å². The van der Waals surface area contributed by atoms with E-state index in [1.54, 1.807) is 18.2 Å². The number of ether oxygens (including phenoxy) is 1. The summed E-state index contributed by atoms with van der Waals surface area (Å²) in [6, 6.07) is 8.99. The number of hydrogen-bond donors (Lipinski definition) is 3. The molecular weight excluding hydrogens is 306 g/mol. The van der Waals surface area contributed by atoms with E-state index in [9.17, 15) is 4.79 Å². The van der Waals surface area contributed by atoms with Gasteiger partial charge in [0.05, 0.1) is 19.8 Å². The van der Waals surface area contributed by atoms with E-state index in [-0.39, 0.29) is 25.3 Å². The number of nitrogens with zero attached hydrogens (tertiary/aromatic N) is 1. The van der Waals surface area contributed by atoms with Gasteiger partial charge in [0.25, 0.3) is 5.91 Å². The largest absolute Gasteiger partial charge is 0.394 e. The van der Waals surface area contributed by atoms with Crippen LogP contribution in [0, 0.1) is 11.3 Å². The van der Waals surface area contributed by atoms with Crippen LogP contribution in [-0.4, -0.2) is 37.4 Å². The summed E-state index contributed by atoms with van der Waals surface area (Å²) in [4.78, 5) is 11.9. The third-order valence-corrected chi connectivity index (χ3v) is 3.00. The third-order valence-electron chi connectivity index (χ3n) is 2.64. The van der Waals surface area contributed by atoms with Crippen molar-refractivity contribution in [3.05, 3.63) is 46.6 Å². The zero-order valence-electron chi connectivity index (χ0n) is 12.0. The number of hydrogen-bond acceptors (Lipinski definition) is 5. The van der Waals surface area contributed by atoms with E-state index < -0.39 is 5.91 Å². The Bertz CT molecular complexity index is 555. The minimum absolute atomic E-state index is 0.0331. The number of benzene rings is 1. The lowest BCUT2D eigenvalue weighted by molar-refractivity contribution is -0.117. The maximum atomic E-state index is 11.9. The number of carbonyl (C=O) groups excluding carboxylic acids is 1. The van der Waals surface area contributed by atoms with Gasteiger partial charge in [0.2, 0.25) is 0 Å². The van der Waals surface area contributed by atoms with E-state index in [0.29, 0.717) is 18.2 Å². The fraction of sp³-hybridized carbons (Fsp3) is 0.333. The summed E-state index contributed by atoms with van der Waals surface area (Å²) < 4.78 is 5.04. The van der Waals surface area contributed by atoms with E-state index in [1.165, 1.54) is 6.20 Å². The van der Waals surface area contributed by atoms with Crippen molar-refractivity contribution in [2.24, 2.45) is 0 Å². The average molecular weight is 324 g/mol. The molecule has 118 valence electrons. The highest BCUT2D eigenvalue weighted by atomic mass is 35.5. The second-order valence-corrected chi connectivity index (χ2v) is 4.64. The lowest BCUT2D eigenvalue weighted by atomic mass is 10.2. The lowest BCUT2D eigenvalue weighted by Crippen LogP contribution is -2.26. The minimum Gasteiger partial charge on any atom is -0.394 e. The molecule has 0 unspecified atom stereocenters. The van der Waals surface area contributed by atoms with Gasteiger partial charge < -0.3 is 20.5 Å². The zero-order chi connectivity index (χ0) is 16.2. The predicted octanol–water partition coefficient (Wildman–Crippen LogP) is 0.962. The number of rotatable bonds is 9. The molecule has 0 heterocycles. The van der Waals surface area contributed by atoms with Gasteiger partial charge in [-0.2, -0.15) is 5.26 Å². The van der Waals surface area contributed by atoms with Gasteiger partial charge in [0.1, 0.15) is 11.6 Å². The van der Waals surface area contributed by atoms with E-state index in [1.807, 2.05) is 12.1 Å². The summed E-state index contributed by atoms with van der Waals surface area (Å²) in [7, 11) is 0. The van der Waals surface area contributed by atoms with Crippen LogP contribution in [-0.2, 0) is 16.1 Å². The van der Waals surface area contributed by atoms with E-state index in [0.717, 1.165) is 5.56 Å². The molecule has 0 aliphatic carbocycles. The van der Waals surface area contributed by atoms with Crippen LogP contribution in [0.15, 0.2) is 36.0 Å². The molecule has 0 atom stereocenters. The first-order valence-electron chi connectivity index (χ1n) is 6.73. The SMILES string of the molecule is N#C/C(=C/NCCOCCO)C(=O)NCc1ccccc1Cl. The van der Waals surface area contributed by atoms with Crippen molar-refractivity contribution in [3.8, 4) is 6.07 Å². The highest BCUT2D eigenvalue weighted by Crippen LogP contribution is 2.14. The van der Waals surface area contributed by atoms with Crippen molar-refractivity contribution in [3.63, 3.8) is 0 Å². The van der Waals surface area contributed by atoms with Crippen LogP contribution in [0.1, 0.15) is 5.56 Å². The minimum atomic E-state index is -0.480. The molecule has 3 N–H and O–H groups in total. The summed E-state index contributed by atoms with van der Waals surface area (Å²) in [6.07, 6.45) is 1.34. The van der Waals surface area contributed by atoms with Gasteiger partial charge in [0.15, 0.2) is 0 Å². The van der Waals surface area contributed by atoms with Crippen LogP contribution in [0.4, 0.5) is 0 Å². The number of amides is 1. The van der Waals surface area contributed by atoms with E-state index in [4.69, 9.17) is 26.7 Å². The van der Waals surface area contributed by atoms with Crippen molar-refractivity contribution < 1.29 is 14.6 Å². The first kappa shape index (κ1) is 18.0. The molecule has 0 aromatic heterocycles. The van der Waals surface area contributed by atoms with Crippen LogP contribution in [0.5, 0.6) is 0 Å². The van der Waals surface area contributed by atoms with Gasteiger partial charge in [-0.05, 0) is 11.6 Å². The average Bonchev–Trinajstić information content (AvgIpc) is 2.53. The second kappa shape index (κ2) is 10.6. The molecule has 0 bridgehead atoms. The van der Waals surface area contributed by atoms with Crippen LogP contribution in [0.25, 0.3) is 0 Å². The Balaban J connectivity index is 2.41. The number of halogens is 1. The summed E-state index contributed by atoms with van der Waals surface area (Å²) >= 11 is 5.99. The standard InChI is InChI=1S/C15H18ClN3O3/c16-14-4-2-1-3-12(14)11-19-15(21)13(9-17)10-18-5-7-22-8-6-20/h1-4,10,18,20H,5-8,11H2,(H,19,21)/b13-10-. The summed E-state index contributed by atoms with van der Waals surface area (Å²) in [6.45, 7) is 1.27. The molecule has 1 rings (SSSR count). The van der Waals surface area contributed by atoms with Crippen LogP contribution >= 0.6 is 11.6 Å². The second-order valence-electron chi connectivity index (χ2n) is 4.23. The Morgan fingerprint density at radius 1 is 1.41 bits per heavy atom. The van der Waals surface area contributed by atoms with E-state index in [2.05, 4.69) is 10.6 Å². The van der Waals surface area contributed by atoms with Gasteiger partial charge in [-0.1, -0.05) is 29.8 Å². The van der Waals surface area contributed by atoms with Gasteiger partial charge in [-0.15, -0.1) is 0 Å². The number of carbonyl (C=O) groups is 1. The highest BCUT2D eigenvalue weighted by Gasteiger charge is 2.09. The molecule has 0 aliphatic heterocycles. The number of nitrogens with one attached hydrogen (secondary N) is 2. The van der Waals surface area contributed by atoms with Crippen molar-refractivity contribution in [1.29, 1.82) is 5.26 Å². The summed E-state index contributed by atoms with van der Waals surface area (Å²) in [5.41, 5.74) is 0.745. The van der Waals surface area contributed by atoms with Crippen molar-refractivity contribution in [2.75, 3.05) is 26.4 Å². The maximum absolute atomic E-state index is 11.9. The molecule has 0 radical (unpaired) electrons. The van der Waals surface area contributed by atoms with Gasteiger partial charge >= 0.3 is 0 Å². The summed E-state index contributed by atoms with van der Waals surface area (Å²) in [5.74, 6) is -0.480. The normalized spacial score (nSPS) is 10.9. The van der Waals surface area contributed by atoms with Gasteiger partial charge in [-0.25, -0.2) is 0 Å². The summed E-state index contributed by atoms with van der Waals surface area (Å²) in [5, 5.41) is 23.5. The molecule has 0 aliphatic rings. The highest BCUT2D eigenvalue weighted by molar-refractivity contribution is 6.31. The fourth-order valence-corrected chi connectivity index (χ4v) is 1.74. The van der Waals surface area contributed by atoms with Crippen molar-refractivity contribution in [1.82, 2.24) is 10.6 Å². The molecule has 1 aromatic carbocycles. The van der Waals surface area contributed by atoms with Gasteiger partial charge in [-0.3, -0.25) is 4.79 Å². The topological polar surface area (TPSA) is 94.4 Å². The molecule has 0 saturated heterocycles. The van der Waals surface area contributed by atoms with E-state index >= 15 is 0 Å². The molecule has 1 amide bonds. The Morgan fingerprint density at radius 2 is 2.18 bits per heavy atom. The Hall–Kier alpha value is -2.07. The molecule has 7 heteroatoms. The fourth-order valence-electron chi connectivity index (χ4n) is 1.53. The first-order valence-corrected chi connectivity index (χ1v) is 7.10. The molecule has 22 heavy (non-hydrogen) atoms. The van der Waals surface area contributed by atoms with Crippen LogP contribution < -0.4 is 10.6 Å². The number of aliphatic hydroxyl groups excluding tert-OH is 1. The molecular formula is C15H18ClN3O3. The Labute approximate surface area is 134 Å². The first-order chi connectivity index (χ1) is 10.7. The molecule has 1 aromatic rings. The monoisotopic (exact) mass is 323 g/mol. The quantitative estimate of drug-likeness (QED) is 0.357. The van der Waals surface area contributed by atoms with Crippen LogP contribution in [0.2, 0.25) is 5.02 Å². The maximum Gasteiger partial charge on any atom is 0.263 e. The van der Waals surface area contributed by atoms with Crippen LogP contribution in [0.3, 0.4) is 0 Å². The van der Waals surface area contributed by atoms with Crippen molar-refractivity contribution in [2.45, 2.75) is 6.54 Å². The number of nitriles is 1. The zero-order valence-corrected chi connectivity index (χ0v) is 12.8. The molecule has 0 saturated carbocycles. The third kappa shape index (κ3) is 6.59. The Kier molecular flexibility index (Phi) is 8.69. The lowest BCUT2D eigenvalue weighted by Gasteiger charge is -2.07. The Morgan fingerprint density at radius 3 is 2.86 bits per heavy atom. The predicted molar refractivity (Wildman–Crippen MR) is 82.9 cm³/mol. The molecule has 6 nitrogen and oxygen atoms in total. The molecule has 0 fully saturated rings. The smallest absolute Gasteiger partial charge is 0.263 e.